The first-order valence-corrected chi connectivity index (χ1v) is 11.8. The maximum atomic E-state index is 12.8. The minimum absolute atomic E-state index is 0.215. The van der Waals surface area contributed by atoms with E-state index in [1.165, 1.54) is 43.0 Å². The van der Waals surface area contributed by atoms with Crippen molar-refractivity contribution in [1.29, 1.82) is 5.26 Å². The molecular weight excluding hydrogens is 452 g/mol. The number of β-lactam (4-membered cyclic amide) rings is 1. The highest BCUT2D eigenvalue weighted by molar-refractivity contribution is 8.16. The molecule has 0 saturated carbocycles. The van der Waals surface area contributed by atoms with Gasteiger partial charge in [0, 0.05) is 5.41 Å². The van der Waals surface area contributed by atoms with Crippen molar-refractivity contribution >= 4 is 40.5 Å². The fraction of sp³-hybridized carbons (Fsp3) is 0.455. The fourth-order valence-corrected chi connectivity index (χ4v) is 5.01. The summed E-state index contributed by atoms with van der Waals surface area (Å²) < 4.78 is 5.80. The Morgan fingerprint density at radius 2 is 1.88 bits per heavy atom. The van der Waals surface area contributed by atoms with E-state index in [4.69, 9.17) is 10.00 Å². The van der Waals surface area contributed by atoms with Crippen molar-refractivity contribution in [3.05, 3.63) is 40.6 Å². The maximum Gasteiger partial charge on any atom is 0.357 e. The van der Waals surface area contributed by atoms with E-state index >= 15 is 0 Å². The molecule has 8 nitrogen and oxygen atoms in total. The van der Waals surface area contributed by atoms with E-state index in [0.717, 1.165) is 4.90 Å². The molecule has 10 heteroatoms. The maximum absolute atomic E-state index is 12.8. The molecule has 1 aliphatic rings. The second-order valence-electron chi connectivity index (χ2n) is 8.14. The molecule has 172 valence electrons. The van der Waals surface area contributed by atoms with Crippen LogP contribution in [-0.2, 0) is 14.4 Å². The number of nitrogens with zero attached hydrogens (tertiary/aromatic N) is 2. The lowest BCUT2D eigenvalue weighted by Gasteiger charge is -2.47. The molecule has 32 heavy (non-hydrogen) atoms. The zero-order chi connectivity index (χ0) is 24.2. The number of thioether (sulfide) groups is 2. The summed E-state index contributed by atoms with van der Waals surface area (Å²) in [6.07, 6.45) is -0.954. The number of rotatable bonds is 8. The van der Waals surface area contributed by atoms with E-state index in [2.05, 4.69) is 0 Å². The van der Waals surface area contributed by atoms with Crippen LogP contribution in [0.1, 0.15) is 40.2 Å². The zero-order valence-corrected chi connectivity index (χ0v) is 20.1. The zero-order valence-electron chi connectivity index (χ0n) is 18.5. The summed E-state index contributed by atoms with van der Waals surface area (Å²) in [6.45, 7) is 8.42. The van der Waals surface area contributed by atoms with Gasteiger partial charge in [-0.2, -0.15) is 5.26 Å². The number of carboxylic acids is 1. The smallest absolute Gasteiger partial charge is 0.357 e. The summed E-state index contributed by atoms with van der Waals surface area (Å²) in [5.41, 5.74) is -0.867. The normalized spacial score (nSPS) is 20.0. The average Bonchev–Trinajstić information content (AvgIpc) is 2.70. The number of benzene rings is 1. The molecule has 1 aromatic carbocycles. The summed E-state index contributed by atoms with van der Waals surface area (Å²) in [5, 5.41) is 27.8. The van der Waals surface area contributed by atoms with E-state index < -0.39 is 40.4 Å². The summed E-state index contributed by atoms with van der Waals surface area (Å²) in [6, 6.07) is 7.94. The van der Waals surface area contributed by atoms with Gasteiger partial charge in [-0.1, -0.05) is 27.7 Å². The number of carboxylic acid groups (broad SMARTS) is 1. The number of ether oxygens (including phenoxy) is 1. The Balaban J connectivity index is 2.58. The molecule has 1 aliphatic heterocycles. The van der Waals surface area contributed by atoms with Crippen molar-refractivity contribution in [2.45, 2.75) is 46.1 Å². The predicted molar refractivity (Wildman–Crippen MR) is 122 cm³/mol. The summed E-state index contributed by atoms with van der Waals surface area (Å²) in [7, 11) is 0. The number of likely N-dealkylation sites (tertiary alicyclic amines) is 1. The van der Waals surface area contributed by atoms with Gasteiger partial charge in [0.1, 0.15) is 5.75 Å². The molecule has 0 aromatic heterocycles. The average molecular weight is 479 g/mol. The monoisotopic (exact) mass is 478 g/mol. The molecule has 1 fully saturated rings. The Hall–Kier alpha value is -2.48. The van der Waals surface area contributed by atoms with Gasteiger partial charge in [-0.3, -0.25) is 14.5 Å². The molecule has 1 saturated heterocycles. The van der Waals surface area contributed by atoms with E-state index in [0.29, 0.717) is 23.1 Å². The quantitative estimate of drug-likeness (QED) is 0.328. The van der Waals surface area contributed by atoms with Crippen molar-refractivity contribution in [1.82, 2.24) is 4.90 Å². The highest BCUT2D eigenvalue weighted by Gasteiger charge is 2.54. The molecule has 2 rings (SSSR count). The van der Waals surface area contributed by atoms with Crippen LogP contribution in [0, 0.1) is 22.7 Å². The number of hydrogen-bond acceptors (Lipinski definition) is 8. The molecule has 0 aliphatic carbocycles. The van der Waals surface area contributed by atoms with Crippen molar-refractivity contribution in [3.63, 3.8) is 0 Å². The van der Waals surface area contributed by atoms with Crippen LogP contribution >= 0.6 is 23.5 Å². The van der Waals surface area contributed by atoms with Gasteiger partial charge in [-0.05, 0) is 48.7 Å². The highest BCUT2D eigenvalue weighted by Crippen LogP contribution is 2.43. The molecule has 1 amide bonds. The van der Waals surface area contributed by atoms with Gasteiger partial charge in [0.15, 0.2) is 10.8 Å². The second-order valence-corrected chi connectivity index (χ2v) is 10.5. The first-order valence-electron chi connectivity index (χ1n) is 9.93. The van der Waals surface area contributed by atoms with Gasteiger partial charge in [0.05, 0.1) is 29.0 Å². The van der Waals surface area contributed by atoms with Crippen LogP contribution in [0.25, 0.3) is 0 Å². The van der Waals surface area contributed by atoms with Crippen molar-refractivity contribution in [2.75, 3.05) is 5.75 Å². The minimum Gasteiger partial charge on any atom is -0.476 e. The first-order chi connectivity index (χ1) is 14.9. The largest absolute Gasteiger partial charge is 0.476 e. The lowest BCUT2D eigenvalue weighted by Crippen LogP contribution is -2.63. The molecule has 0 spiro atoms. The summed E-state index contributed by atoms with van der Waals surface area (Å²) in [5.74, 6) is -1.93. The van der Waals surface area contributed by atoms with Crippen molar-refractivity contribution in [2.24, 2.45) is 11.3 Å². The van der Waals surface area contributed by atoms with Crippen LogP contribution < -0.4 is 4.74 Å². The molecule has 1 heterocycles. The first kappa shape index (κ1) is 25.8. The number of aliphatic hydroxyl groups excluding tert-OH is 1. The van der Waals surface area contributed by atoms with Crippen molar-refractivity contribution in [3.8, 4) is 11.8 Å². The number of carbonyl (C=O) groups excluding carboxylic acids is 2. The molecule has 0 radical (unpaired) electrons. The Morgan fingerprint density at radius 3 is 2.31 bits per heavy atom. The third kappa shape index (κ3) is 5.65. The van der Waals surface area contributed by atoms with E-state index in [9.17, 15) is 24.6 Å². The highest BCUT2D eigenvalue weighted by atomic mass is 32.2. The molecular formula is C22H26N2O6S2. The number of hydrogen-bond donors (Lipinski definition) is 2. The van der Waals surface area contributed by atoms with Crippen LogP contribution in [0.3, 0.4) is 0 Å². The van der Waals surface area contributed by atoms with Gasteiger partial charge in [0.2, 0.25) is 11.0 Å². The number of amides is 1. The lowest BCUT2D eigenvalue weighted by molar-refractivity contribution is -0.157. The number of aliphatic hydroxyl groups is 1. The fourth-order valence-electron chi connectivity index (χ4n) is 2.87. The van der Waals surface area contributed by atoms with Gasteiger partial charge in [0.25, 0.3) is 0 Å². The predicted octanol–water partition coefficient (Wildman–Crippen LogP) is 3.42. The topological polar surface area (TPSA) is 128 Å². The number of nitriles is 1. The van der Waals surface area contributed by atoms with Crippen LogP contribution in [0.5, 0.6) is 5.75 Å². The Bertz CT molecular complexity index is 960. The number of carbonyl (C=O) groups is 3. The van der Waals surface area contributed by atoms with Crippen LogP contribution in [0.4, 0.5) is 0 Å². The van der Waals surface area contributed by atoms with Gasteiger partial charge < -0.3 is 14.9 Å². The van der Waals surface area contributed by atoms with E-state index in [1.54, 1.807) is 20.8 Å². The third-order valence-electron chi connectivity index (χ3n) is 4.57. The van der Waals surface area contributed by atoms with Crippen LogP contribution in [0.15, 0.2) is 35.1 Å². The molecule has 0 unspecified atom stereocenters. The standard InChI is InChI=1S/C22H26N2O6S2/c1-6-31-18-15(12(2)25)17(26)24(18)16(19(27)28)20(32-21(29)22(3,4)5)30-14-9-7-13(11-23)8-10-14/h7-10,12,15,18,25H,6H2,1-5H3,(H,27,28)/t12-,15+,18-/m1/s1. The third-order valence-corrected chi connectivity index (χ3v) is 7.01. The Kier molecular flexibility index (Phi) is 8.40. The molecule has 2 N–H and O–H groups in total. The van der Waals surface area contributed by atoms with Gasteiger partial charge >= 0.3 is 5.97 Å². The Morgan fingerprint density at radius 1 is 1.28 bits per heavy atom. The van der Waals surface area contributed by atoms with Crippen molar-refractivity contribution < 1.29 is 29.3 Å². The minimum atomic E-state index is -1.43. The van der Waals surface area contributed by atoms with Crippen LogP contribution in [-0.4, -0.2) is 49.3 Å². The summed E-state index contributed by atoms with van der Waals surface area (Å²) >= 11 is 1.94. The van der Waals surface area contributed by atoms with E-state index in [1.807, 2.05) is 13.0 Å². The molecule has 3 atom stereocenters. The second kappa shape index (κ2) is 10.4. The van der Waals surface area contributed by atoms with Gasteiger partial charge in [-0.25, -0.2) is 4.79 Å². The molecule has 0 bridgehead atoms. The Labute approximate surface area is 195 Å². The lowest BCUT2D eigenvalue weighted by atomic mass is 9.92. The number of aliphatic carboxylic acids is 1. The van der Waals surface area contributed by atoms with Crippen LogP contribution in [0.2, 0.25) is 0 Å². The summed E-state index contributed by atoms with van der Waals surface area (Å²) in [4.78, 5) is 39.0. The van der Waals surface area contributed by atoms with E-state index in [-0.39, 0.29) is 16.0 Å². The molecule has 1 aromatic rings. The SMILES string of the molecule is CCS[C@@H]1[C@@H]([C@@H](C)O)C(=O)N1C(C(=O)O)=C(Oc1ccc(C#N)cc1)SC(=O)C(C)(C)C. The van der Waals surface area contributed by atoms with Gasteiger partial charge in [-0.15, -0.1) is 11.8 Å².